The van der Waals surface area contributed by atoms with Crippen molar-refractivity contribution in [1.82, 2.24) is 0 Å². The first-order valence-electron chi connectivity index (χ1n) is 3.75. The minimum atomic E-state index is 0.533. The van der Waals surface area contributed by atoms with Gasteiger partial charge in [0.25, 0.3) is 0 Å². The lowest BCUT2D eigenvalue weighted by Gasteiger charge is -2.02. The summed E-state index contributed by atoms with van der Waals surface area (Å²) in [4.78, 5) is 0. The quantitative estimate of drug-likeness (QED) is 0.614. The summed E-state index contributed by atoms with van der Waals surface area (Å²) in [6.07, 6.45) is 3.26. The second kappa shape index (κ2) is 4.39. The van der Waals surface area contributed by atoms with Crippen molar-refractivity contribution in [3.63, 3.8) is 0 Å². The van der Waals surface area contributed by atoms with Gasteiger partial charge in [0.2, 0.25) is 0 Å². The van der Waals surface area contributed by atoms with E-state index in [2.05, 4.69) is 6.58 Å². The van der Waals surface area contributed by atoms with Crippen LogP contribution in [0.15, 0.2) is 36.9 Å². The Balaban J connectivity index is 2.64. The molecule has 0 aliphatic carbocycles. The normalized spacial score (nSPS) is 9.00. The van der Waals surface area contributed by atoms with Crippen molar-refractivity contribution in [2.75, 3.05) is 6.61 Å². The van der Waals surface area contributed by atoms with Crippen molar-refractivity contribution in [3.05, 3.63) is 49.1 Å². The van der Waals surface area contributed by atoms with E-state index in [9.17, 15) is 0 Å². The Bertz CT molecular complexity index is 259. The molecule has 0 saturated carbocycles. The van der Waals surface area contributed by atoms with E-state index in [1.165, 1.54) is 0 Å². The zero-order valence-corrected chi connectivity index (χ0v) is 6.86. The lowest BCUT2D eigenvalue weighted by atomic mass is 10.2. The highest BCUT2D eigenvalue weighted by Gasteiger charge is 1.90. The van der Waals surface area contributed by atoms with Crippen LogP contribution in [0.5, 0.6) is 5.75 Å². The number of hydrogen-bond donors (Lipinski definition) is 0. The molecule has 0 atom stereocenters. The molecule has 0 spiro atoms. The standard InChI is InChI=1S/C11H11O/c1-3-9-12-11-7-5-10(4-2)6-8-11/h2-8H,1,9H2. The smallest absolute Gasteiger partial charge is 0.119 e. The van der Waals surface area contributed by atoms with Gasteiger partial charge in [0.05, 0.1) is 0 Å². The minimum absolute atomic E-state index is 0.533. The average molecular weight is 159 g/mol. The SMILES string of the molecule is [CH]=Cc1ccc(OCC=C)cc1. The summed E-state index contributed by atoms with van der Waals surface area (Å²) in [6, 6.07) is 7.56. The van der Waals surface area contributed by atoms with E-state index in [1.54, 1.807) is 12.2 Å². The second-order valence-corrected chi connectivity index (χ2v) is 2.34. The van der Waals surface area contributed by atoms with E-state index >= 15 is 0 Å². The van der Waals surface area contributed by atoms with E-state index in [-0.39, 0.29) is 0 Å². The molecule has 1 radical (unpaired) electrons. The molecule has 0 bridgehead atoms. The molecule has 61 valence electrons. The lowest BCUT2D eigenvalue weighted by molar-refractivity contribution is 0.363. The van der Waals surface area contributed by atoms with E-state index in [0.717, 1.165) is 11.3 Å². The summed E-state index contributed by atoms with van der Waals surface area (Å²) in [6.45, 7) is 9.41. The summed E-state index contributed by atoms with van der Waals surface area (Å²) in [7, 11) is 0. The molecule has 1 aromatic carbocycles. The summed E-state index contributed by atoms with van der Waals surface area (Å²) in [5.74, 6) is 0.834. The maximum atomic E-state index is 5.32. The van der Waals surface area contributed by atoms with Crippen LogP contribution in [0, 0.1) is 6.58 Å². The van der Waals surface area contributed by atoms with Crippen molar-refractivity contribution >= 4 is 6.08 Å². The largest absolute Gasteiger partial charge is 0.490 e. The molecule has 0 fully saturated rings. The zero-order chi connectivity index (χ0) is 8.81. The van der Waals surface area contributed by atoms with Gasteiger partial charge in [-0.3, -0.25) is 0 Å². The van der Waals surface area contributed by atoms with Gasteiger partial charge in [-0.25, -0.2) is 0 Å². The Morgan fingerprint density at radius 2 is 2.00 bits per heavy atom. The number of rotatable bonds is 4. The number of hydrogen-bond acceptors (Lipinski definition) is 1. The highest BCUT2D eigenvalue weighted by molar-refractivity contribution is 5.47. The Morgan fingerprint density at radius 1 is 1.33 bits per heavy atom. The third-order valence-corrected chi connectivity index (χ3v) is 1.44. The van der Waals surface area contributed by atoms with Crippen molar-refractivity contribution in [2.24, 2.45) is 0 Å². The Hall–Kier alpha value is -1.50. The third kappa shape index (κ3) is 2.27. The van der Waals surface area contributed by atoms with Crippen molar-refractivity contribution < 1.29 is 4.74 Å². The van der Waals surface area contributed by atoms with Crippen LogP contribution in [0.4, 0.5) is 0 Å². The van der Waals surface area contributed by atoms with Crippen molar-refractivity contribution in [3.8, 4) is 5.75 Å². The van der Waals surface area contributed by atoms with Gasteiger partial charge in [0.15, 0.2) is 0 Å². The summed E-state index contributed by atoms with van der Waals surface area (Å²) in [5.41, 5.74) is 0.987. The third-order valence-electron chi connectivity index (χ3n) is 1.44. The summed E-state index contributed by atoms with van der Waals surface area (Å²) < 4.78 is 5.28. The molecular weight excluding hydrogens is 148 g/mol. The van der Waals surface area contributed by atoms with Gasteiger partial charge >= 0.3 is 0 Å². The van der Waals surface area contributed by atoms with Crippen LogP contribution in [0.3, 0.4) is 0 Å². The molecule has 0 aromatic heterocycles. The predicted molar refractivity (Wildman–Crippen MR) is 50.9 cm³/mol. The van der Waals surface area contributed by atoms with Gasteiger partial charge in [-0.15, -0.1) is 0 Å². The van der Waals surface area contributed by atoms with E-state index in [4.69, 9.17) is 11.3 Å². The molecule has 12 heavy (non-hydrogen) atoms. The van der Waals surface area contributed by atoms with Crippen LogP contribution < -0.4 is 4.74 Å². The maximum absolute atomic E-state index is 5.32. The molecular formula is C11H11O. The van der Waals surface area contributed by atoms with E-state index < -0.39 is 0 Å². The zero-order valence-electron chi connectivity index (χ0n) is 6.86. The molecule has 1 rings (SSSR count). The molecule has 1 nitrogen and oxygen atoms in total. The first-order valence-corrected chi connectivity index (χ1v) is 3.75. The van der Waals surface area contributed by atoms with Crippen molar-refractivity contribution in [1.29, 1.82) is 0 Å². The molecule has 0 heterocycles. The Kier molecular flexibility index (Phi) is 3.15. The van der Waals surface area contributed by atoms with Gasteiger partial charge in [-0.1, -0.05) is 37.4 Å². The highest BCUT2D eigenvalue weighted by Crippen LogP contribution is 2.12. The Morgan fingerprint density at radius 3 is 2.50 bits per heavy atom. The molecule has 1 aromatic rings. The molecule has 0 unspecified atom stereocenters. The molecule has 0 aliphatic heterocycles. The van der Waals surface area contributed by atoms with Crippen LogP contribution in [0.25, 0.3) is 6.08 Å². The first-order chi connectivity index (χ1) is 5.86. The van der Waals surface area contributed by atoms with Gasteiger partial charge in [0.1, 0.15) is 12.4 Å². The van der Waals surface area contributed by atoms with Gasteiger partial charge < -0.3 is 4.74 Å². The predicted octanol–water partition coefficient (Wildman–Crippen LogP) is 2.70. The molecule has 0 N–H and O–H groups in total. The van der Waals surface area contributed by atoms with Crippen LogP contribution in [0.2, 0.25) is 0 Å². The monoisotopic (exact) mass is 159 g/mol. The molecule has 0 saturated heterocycles. The fourth-order valence-corrected chi connectivity index (χ4v) is 0.830. The summed E-state index contributed by atoms with van der Waals surface area (Å²) in [5, 5.41) is 0. The highest BCUT2D eigenvalue weighted by atomic mass is 16.5. The van der Waals surface area contributed by atoms with Crippen LogP contribution in [0.1, 0.15) is 5.56 Å². The fourth-order valence-electron chi connectivity index (χ4n) is 0.830. The van der Waals surface area contributed by atoms with Crippen LogP contribution >= 0.6 is 0 Å². The number of benzene rings is 1. The number of ether oxygens (including phenoxy) is 1. The maximum Gasteiger partial charge on any atom is 0.119 e. The first kappa shape index (κ1) is 8.60. The van der Waals surface area contributed by atoms with Gasteiger partial charge in [-0.2, -0.15) is 0 Å². The molecule has 1 heteroatoms. The Labute approximate surface area is 73.0 Å². The van der Waals surface area contributed by atoms with Crippen molar-refractivity contribution in [2.45, 2.75) is 0 Å². The van der Waals surface area contributed by atoms with E-state index in [1.807, 2.05) is 24.3 Å². The fraction of sp³-hybridized carbons (Fsp3) is 0.0909. The van der Waals surface area contributed by atoms with Crippen LogP contribution in [-0.4, -0.2) is 6.61 Å². The van der Waals surface area contributed by atoms with Crippen LogP contribution in [-0.2, 0) is 0 Å². The average Bonchev–Trinajstić information content (AvgIpc) is 2.15. The summed E-state index contributed by atoms with van der Waals surface area (Å²) >= 11 is 0. The lowest BCUT2D eigenvalue weighted by Crippen LogP contribution is -1.91. The molecule has 0 amide bonds. The molecule has 0 aliphatic rings. The second-order valence-electron chi connectivity index (χ2n) is 2.34. The van der Waals surface area contributed by atoms with E-state index in [0.29, 0.717) is 6.61 Å². The minimum Gasteiger partial charge on any atom is -0.490 e. The van der Waals surface area contributed by atoms with Gasteiger partial charge in [-0.05, 0) is 17.7 Å². The topological polar surface area (TPSA) is 9.23 Å². The van der Waals surface area contributed by atoms with Gasteiger partial charge in [0, 0.05) is 0 Å².